The molecule has 1 rings (SSSR count). The van der Waals surface area contributed by atoms with Crippen molar-refractivity contribution in [2.24, 2.45) is 41.4 Å². The average Bonchev–Trinajstić information content (AvgIpc) is 3.62. The first-order valence-electron chi connectivity index (χ1n) is 31.0. The predicted octanol–water partition coefficient (Wildman–Crippen LogP) is 3.66. The normalized spacial score (nSPS) is 26.7. The zero-order valence-corrected chi connectivity index (χ0v) is 56.8. The summed E-state index contributed by atoms with van der Waals surface area (Å²) in [6, 6.07) is -12.3. The molecule has 1 aliphatic heterocycles. The number of hydrogen-bond acceptors (Lipinski definition) is 12. The molecule has 86 heavy (non-hydrogen) atoms. The van der Waals surface area contributed by atoms with Gasteiger partial charge in [0.15, 0.2) is 0 Å². The van der Waals surface area contributed by atoms with Crippen molar-refractivity contribution in [1.29, 1.82) is 0 Å². The summed E-state index contributed by atoms with van der Waals surface area (Å²) in [5.41, 5.74) is 0. The molecule has 0 aromatic carbocycles. The minimum atomic E-state index is -1.61. The Bertz CT molecular complexity index is 2340. The molecule has 1 fully saturated rings. The minimum absolute atomic E-state index is 0.0242. The second kappa shape index (κ2) is 35.6. The lowest BCUT2D eigenvalue weighted by molar-refractivity contribution is -0.156. The summed E-state index contributed by atoms with van der Waals surface area (Å²) >= 11 is 0. The standard InChI is InChI=1S/C63H113N11O12/c1-25-27-28-41(15)53(76)52-57(80)66-44(26-2)59(82)68(18)34-50(75)69(19)45(29-35(3)4)56(79)67-51(40(13)14)63(86)70(20)46(30-36(5)6)55(78)64-42(16)54(77)65-43(17)58(81)71(21)47(31-37(7)8)60(83)72(22)48(32-38(9)10)61(84)73(23)49(33-39(11)12)62(85)74(52)24/h25,27,35-49,51-53,76H,26,28-34H2,1-24H3,(H,64,78)(H,65,77)(H,66,80)(H,67,79)/b27-25+/t41-,42+,43-,44+,45+,46+,47-,48+,49+,51+,52+,53-/m1/s1. The number of carbonyl (C=O) groups is 11. The van der Waals surface area contributed by atoms with Gasteiger partial charge >= 0.3 is 0 Å². The highest BCUT2D eigenvalue weighted by atomic mass is 16.3. The third kappa shape index (κ3) is 22.2. The fraction of sp³-hybridized carbons (Fsp3) is 0.794. The van der Waals surface area contributed by atoms with Crippen molar-refractivity contribution < 1.29 is 57.8 Å². The van der Waals surface area contributed by atoms with E-state index in [-0.39, 0.29) is 68.1 Å². The molecule has 0 bridgehead atoms. The van der Waals surface area contributed by atoms with Gasteiger partial charge in [0, 0.05) is 49.3 Å². The smallest absolute Gasteiger partial charge is 0.246 e. The monoisotopic (exact) mass is 1220 g/mol. The van der Waals surface area contributed by atoms with Crippen molar-refractivity contribution >= 4 is 65.0 Å². The molecule has 1 saturated heterocycles. The topological polar surface area (TPSA) is 279 Å². The van der Waals surface area contributed by atoms with Gasteiger partial charge in [-0.3, -0.25) is 52.7 Å². The summed E-state index contributed by atoms with van der Waals surface area (Å²) in [7, 11) is 9.96. The third-order valence-corrected chi connectivity index (χ3v) is 16.2. The zero-order chi connectivity index (χ0) is 66.7. The number of rotatable bonds is 16. The number of aliphatic hydroxyl groups excluding tert-OH is 1. The van der Waals surface area contributed by atoms with E-state index in [4.69, 9.17) is 0 Å². The maximum atomic E-state index is 15.2. The van der Waals surface area contributed by atoms with E-state index < -0.39 is 150 Å². The molecule has 0 aliphatic carbocycles. The maximum absolute atomic E-state index is 15.2. The predicted molar refractivity (Wildman–Crippen MR) is 333 cm³/mol. The van der Waals surface area contributed by atoms with Crippen LogP contribution in [0.15, 0.2) is 12.2 Å². The highest BCUT2D eigenvalue weighted by Gasteiger charge is 2.45. The largest absolute Gasteiger partial charge is 0.390 e. The van der Waals surface area contributed by atoms with Gasteiger partial charge in [-0.1, -0.05) is 109 Å². The van der Waals surface area contributed by atoms with Crippen LogP contribution in [0.4, 0.5) is 0 Å². The van der Waals surface area contributed by atoms with Crippen molar-refractivity contribution in [1.82, 2.24) is 55.6 Å². The molecule has 11 amide bonds. The molecule has 23 nitrogen and oxygen atoms in total. The molecule has 0 radical (unpaired) electrons. The van der Waals surface area contributed by atoms with Crippen molar-refractivity contribution in [3.8, 4) is 0 Å². The van der Waals surface area contributed by atoms with Crippen LogP contribution in [0, 0.1) is 41.4 Å². The van der Waals surface area contributed by atoms with E-state index in [0.717, 1.165) is 9.80 Å². The van der Waals surface area contributed by atoms with Crippen LogP contribution in [0.1, 0.15) is 163 Å². The van der Waals surface area contributed by atoms with Gasteiger partial charge in [0.25, 0.3) is 0 Å². The molecule has 492 valence electrons. The van der Waals surface area contributed by atoms with E-state index >= 15 is 9.59 Å². The Kier molecular flexibility index (Phi) is 32.3. The first kappa shape index (κ1) is 77.9. The number of nitrogens with one attached hydrogen (secondary N) is 4. The second-order valence-corrected chi connectivity index (χ2v) is 26.5. The van der Waals surface area contributed by atoms with Crippen molar-refractivity contribution in [3.05, 3.63) is 12.2 Å². The number of nitrogens with zero attached hydrogens (tertiary/aromatic N) is 7. The lowest BCUT2D eigenvalue weighted by Crippen LogP contribution is -2.63. The second-order valence-electron chi connectivity index (χ2n) is 26.5. The van der Waals surface area contributed by atoms with Gasteiger partial charge in [-0.2, -0.15) is 0 Å². The lowest BCUT2D eigenvalue weighted by atomic mass is 9.91. The Morgan fingerprint density at radius 2 is 0.826 bits per heavy atom. The van der Waals surface area contributed by atoms with Gasteiger partial charge in [-0.05, 0) is 107 Å². The van der Waals surface area contributed by atoms with E-state index in [0.29, 0.717) is 6.42 Å². The summed E-state index contributed by atoms with van der Waals surface area (Å²) < 4.78 is 0. The number of hydrogen-bond donors (Lipinski definition) is 5. The molecule has 5 N–H and O–H groups in total. The van der Waals surface area contributed by atoms with Crippen molar-refractivity contribution in [3.63, 3.8) is 0 Å². The minimum Gasteiger partial charge on any atom is -0.390 e. The number of allylic oxidation sites excluding steroid dienone is 2. The van der Waals surface area contributed by atoms with Crippen LogP contribution in [0.25, 0.3) is 0 Å². The molecule has 0 aromatic heterocycles. The van der Waals surface area contributed by atoms with Crippen molar-refractivity contribution in [2.75, 3.05) is 55.9 Å². The Labute approximate surface area is 515 Å². The fourth-order valence-electron chi connectivity index (χ4n) is 10.7. The van der Waals surface area contributed by atoms with Crippen LogP contribution >= 0.6 is 0 Å². The molecule has 23 heteroatoms. The molecule has 1 aliphatic rings. The Morgan fingerprint density at radius 3 is 1.23 bits per heavy atom. The molecule has 0 spiro atoms. The molecule has 0 unspecified atom stereocenters. The van der Waals surface area contributed by atoms with E-state index in [1.807, 2.05) is 75.3 Å². The highest BCUT2D eigenvalue weighted by Crippen LogP contribution is 2.26. The fourth-order valence-corrected chi connectivity index (χ4v) is 10.7. The summed E-state index contributed by atoms with van der Waals surface area (Å²) in [4.78, 5) is 169. The first-order valence-corrected chi connectivity index (χ1v) is 31.0. The molecule has 0 saturated carbocycles. The van der Waals surface area contributed by atoms with E-state index in [1.54, 1.807) is 40.7 Å². The number of amides is 11. The molecule has 1 heterocycles. The van der Waals surface area contributed by atoms with E-state index in [2.05, 4.69) is 21.3 Å². The van der Waals surface area contributed by atoms with Gasteiger partial charge < -0.3 is 60.7 Å². The Hall–Kier alpha value is -6.13. The quantitative estimate of drug-likeness (QED) is 0.139. The van der Waals surface area contributed by atoms with Crippen LogP contribution in [0.2, 0.25) is 0 Å². The zero-order valence-electron chi connectivity index (χ0n) is 56.8. The van der Waals surface area contributed by atoms with E-state index in [9.17, 15) is 48.3 Å². The van der Waals surface area contributed by atoms with Crippen LogP contribution in [-0.2, 0) is 52.7 Å². The SMILES string of the molecule is C/C=C/C[C@@H](C)[C@@H](O)[C@H]1C(=O)N[C@@H](CC)C(=O)N(C)CC(=O)N(C)[C@@H](CC(C)C)C(=O)N[C@@H](C(C)C)C(=O)N(C)[C@@H](CC(C)C)C(=O)N[C@@H](C)C(=O)N[C@H](C)C(=O)N(C)[C@H](CC(C)C)C(=O)N(C)[C@@H](CC(C)C)C(=O)N(C)[C@@H](CC(C)C)C(=O)N1C. The summed E-state index contributed by atoms with van der Waals surface area (Å²) in [5.74, 6) is -9.26. The third-order valence-electron chi connectivity index (χ3n) is 16.2. The van der Waals surface area contributed by atoms with Gasteiger partial charge in [0.2, 0.25) is 65.0 Å². The molecule has 0 aromatic rings. The van der Waals surface area contributed by atoms with Crippen LogP contribution in [0.5, 0.6) is 0 Å². The molecule has 12 atom stereocenters. The maximum Gasteiger partial charge on any atom is 0.246 e. The number of likely N-dealkylation sites (N-methyl/N-ethyl adjacent to an activating group) is 7. The Balaban J connectivity index is 4.35. The number of carbonyl (C=O) groups excluding carboxylic acids is 11. The van der Waals surface area contributed by atoms with Crippen molar-refractivity contribution in [2.45, 2.75) is 229 Å². The summed E-state index contributed by atoms with van der Waals surface area (Å²) in [6.07, 6.45) is 3.16. The summed E-state index contributed by atoms with van der Waals surface area (Å²) in [5, 5.41) is 23.1. The summed E-state index contributed by atoms with van der Waals surface area (Å²) in [6.45, 7) is 29.7. The number of aliphatic hydroxyl groups is 1. The van der Waals surface area contributed by atoms with Crippen LogP contribution < -0.4 is 21.3 Å². The first-order chi connectivity index (χ1) is 39.7. The van der Waals surface area contributed by atoms with Gasteiger partial charge in [-0.15, -0.1) is 0 Å². The average molecular weight is 1220 g/mol. The molecular formula is C63H113N11O12. The van der Waals surface area contributed by atoms with Gasteiger partial charge in [0.1, 0.15) is 60.4 Å². The van der Waals surface area contributed by atoms with E-state index in [1.165, 1.54) is 87.7 Å². The van der Waals surface area contributed by atoms with Crippen LogP contribution in [0.3, 0.4) is 0 Å². The molecular weight excluding hydrogens is 1100 g/mol. The highest BCUT2D eigenvalue weighted by molar-refractivity contribution is 5.99. The van der Waals surface area contributed by atoms with Crippen LogP contribution in [-0.4, -0.2) is 227 Å². The Morgan fingerprint density at radius 1 is 0.453 bits per heavy atom. The van der Waals surface area contributed by atoms with Gasteiger partial charge in [0.05, 0.1) is 12.6 Å². The lowest BCUT2D eigenvalue weighted by Gasteiger charge is -2.41. The van der Waals surface area contributed by atoms with Gasteiger partial charge in [-0.25, -0.2) is 0 Å².